The number of esters is 2. The van der Waals surface area contributed by atoms with Crippen LogP contribution >= 0.6 is 0 Å². The van der Waals surface area contributed by atoms with Crippen LogP contribution < -0.4 is 0 Å². The summed E-state index contributed by atoms with van der Waals surface area (Å²) in [7, 11) is 5.52. The molecule has 0 radical (unpaired) electrons. The quantitative estimate of drug-likeness (QED) is 0.0282. The number of nitrogens with zero attached hydrogens (tertiary/aromatic N) is 1. The van der Waals surface area contributed by atoms with Gasteiger partial charge in [0.1, 0.15) is 6.61 Å². The number of likely N-dealkylation sites (N-methyl/N-ethyl adjacent to an activating group) is 1. The number of ether oxygens (including phenoxy) is 3. The second kappa shape index (κ2) is 42.7. The molecule has 0 spiro atoms. The predicted molar refractivity (Wildman–Crippen MR) is 252 cm³/mol. The molecule has 1 N–H and O–H groups in total. The number of allylic oxidation sites excluding steroid dienone is 10. The van der Waals surface area contributed by atoms with E-state index in [1.165, 1.54) is 83.5 Å². The number of carboxylic acid groups (broad SMARTS) is 1. The zero-order valence-corrected chi connectivity index (χ0v) is 39.4. The molecule has 8 heteroatoms. The average Bonchev–Trinajstić information content (AvgIpc) is 3.21. The van der Waals surface area contributed by atoms with Crippen molar-refractivity contribution in [3.8, 4) is 0 Å². The van der Waals surface area contributed by atoms with Crippen molar-refractivity contribution in [1.82, 2.24) is 0 Å². The van der Waals surface area contributed by atoms with Crippen LogP contribution in [0.25, 0.3) is 0 Å². The van der Waals surface area contributed by atoms with E-state index in [2.05, 4.69) is 74.6 Å². The van der Waals surface area contributed by atoms with Gasteiger partial charge in [0.25, 0.3) is 0 Å². The molecule has 0 fully saturated rings. The van der Waals surface area contributed by atoms with Gasteiger partial charge in [-0.15, -0.1) is 0 Å². The molecule has 0 saturated heterocycles. The number of hydrogen-bond donors (Lipinski definition) is 1. The van der Waals surface area contributed by atoms with E-state index in [0.717, 1.165) is 83.5 Å². The number of hydrogen-bond acceptors (Lipinski definition) is 6. The minimum Gasteiger partial charge on any atom is -0.477 e. The largest absolute Gasteiger partial charge is 0.477 e. The highest BCUT2D eigenvalue weighted by Crippen LogP contribution is 2.14. The van der Waals surface area contributed by atoms with Gasteiger partial charge >= 0.3 is 17.9 Å². The molecule has 0 amide bonds. The summed E-state index contributed by atoms with van der Waals surface area (Å²) < 4.78 is 17.3. The van der Waals surface area contributed by atoms with E-state index in [4.69, 9.17) is 14.2 Å². The normalized spacial score (nSPS) is 13.4. The van der Waals surface area contributed by atoms with Crippen LogP contribution in [0.4, 0.5) is 0 Å². The van der Waals surface area contributed by atoms with E-state index in [0.29, 0.717) is 19.3 Å². The predicted octanol–water partition coefficient (Wildman–Crippen LogP) is 13.8. The number of unbranched alkanes of at least 4 members (excludes halogenated alkanes) is 19. The van der Waals surface area contributed by atoms with Gasteiger partial charge in [0.2, 0.25) is 0 Å². The molecule has 0 aromatic heterocycles. The highest BCUT2D eigenvalue weighted by Gasteiger charge is 2.31. The van der Waals surface area contributed by atoms with Crippen LogP contribution in [0.15, 0.2) is 60.8 Å². The summed E-state index contributed by atoms with van der Waals surface area (Å²) in [5, 5.41) is 9.63. The van der Waals surface area contributed by atoms with Gasteiger partial charge in [-0.05, 0) is 77.0 Å². The van der Waals surface area contributed by atoms with Crippen molar-refractivity contribution in [3.05, 3.63) is 60.8 Å². The molecule has 0 aromatic rings. The Bertz CT molecular complexity index is 1170. The maximum atomic E-state index is 12.7. The lowest BCUT2D eigenvalue weighted by atomic mass is 10.1. The van der Waals surface area contributed by atoms with Crippen LogP contribution in [0.5, 0.6) is 0 Å². The molecule has 346 valence electrons. The first kappa shape index (κ1) is 57.0. The zero-order valence-electron chi connectivity index (χ0n) is 39.4. The van der Waals surface area contributed by atoms with Gasteiger partial charge in [0.05, 0.1) is 34.4 Å². The second-order valence-electron chi connectivity index (χ2n) is 17.3. The Kier molecular flexibility index (Phi) is 40.6. The fourth-order valence-corrected chi connectivity index (χ4v) is 6.90. The number of carbonyl (C=O) groups is 3. The third-order valence-corrected chi connectivity index (χ3v) is 10.7. The van der Waals surface area contributed by atoms with Crippen molar-refractivity contribution in [1.29, 1.82) is 0 Å². The van der Waals surface area contributed by atoms with E-state index in [1.54, 1.807) is 0 Å². The molecule has 0 aliphatic carbocycles. The Labute approximate surface area is 368 Å². The van der Waals surface area contributed by atoms with E-state index in [1.807, 2.05) is 21.1 Å². The third kappa shape index (κ3) is 40.4. The van der Waals surface area contributed by atoms with Gasteiger partial charge in [0, 0.05) is 19.3 Å². The van der Waals surface area contributed by atoms with Crippen molar-refractivity contribution >= 4 is 17.9 Å². The number of carbonyl (C=O) groups excluding carboxylic acids is 2. The Morgan fingerprint density at radius 2 is 0.933 bits per heavy atom. The molecule has 2 atom stereocenters. The molecule has 0 saturated carbocycles. The first-order valence-corrected chi connectivity index (χ1v) is 24.3. The smallest absolute Gasteiger partial charge is 0.362 e. The standard InChI is InChI=1S/C52H91NO7/c1-6-8-10-12-14-16-18-20-22-23-24-25-26-27-28-29-31-32-34-36-38-40-42-50(54)59-47-48(46-58-45-44-49(52(56)57)53(3,4)5)60-51(55)43-41-39-37-35-33-30-21-19-17-15-13-11-9-7-2/h9,11,15,17,21,23-24,26-27,30,48-49H,6-8,10,12-14,16,18-20,22,25,28-29,31-47H2,1-5H3/p+1/b11-9+,17-15+,24-23+,27-26+,30-21+. The molecule has 2 unspecified atom stereocenters. The summed E-state index contributed by atoms with van der Waals surface area (Å²) in [6.45, 7) is 4.59. The minimum atomic E-state index is -0.881. The molecular weight excluding hydrogens is 751 g/mol. The fourth-order valence-electron chi connectivity index (χ4n) is 6.90. The lowest BCUT2D eigenvalue weighted by Crippen LogP contribution is -2.50. The van der Waals surface area contributed by atoms with Crippen LogP contribution in [0.3, 0.4) is 0 Å². The number of quaternary nitrogens is 1. The average molecular weight is 843 g/mol. The molecule has 0 heterocycles. The molecule has 60 heavy (non-hydrogen) atoms. The fraction of sp³-hybridized carbons (Fsp3) is 0.750. The van der Waals surface area contributed by atoms with Gasteiger partial charge in [-0.1, -0.05) is 164 Å². The maximum Gasteiger partial charge on any atom is 0.362 e. The van der Waals surface area contributed by atoms with Gasteiger partial charge in [-0.2, -0.15) is 0 Å². The third-order valence-electron chi connectivity index (χ3n) is 10.7. The van der Waals surface area contributed by atoms with Crippen LogP contribution in [0, 0.1) is 0 Å². The number of rotatable bonds is 43. The van der Waals surface area contributed by atoms with Crippen molar-refractivity contribution in [2.24, 2.45) is 0 Å². The summed E-state index contributed by atoms with van der Waals surface area (Å²) in [5.41, 5.74) is 0. The van der Waals surface area contributed by atoms with Gasteiger partial charge in [-0.3, -0.25) is 9.59 Å². The Balaban J connectivity index is 4.28. The highest BCUT2D eigenvalue weighted by molar-refractivity contribution is 5.72. The molecule has 0 aromatic carbocycles. The summed E-state index contributed by atoms with van der Waals surface area (Å²) >= 11 is 0. The Hall–Kier alpha value is -2.97. The molecule has 0 aliphatic heterocycles. The summed E-state index contributed by atoms with van der Waals surface area (Å²) in [4.78, 5) is 37.1. The van der Waals surface area contributed by atoms with E-state index in [9.17, 15) is 19.5 Å². The first-order chi connectivity index (χ1) is 29.1. The lowest BCUT2D eigenvalue weighted by Gasteiger charge is -2.31. The Morgan fingerprint density at radius 3 is 1.38 bits per heavy atom. The Morgan fingerprint density at radius 1 is 0.517 bits per heavy atom. The van der Waals surface area contributed by atoms with Crippen molar-refractivity contribution in [2.75, 3.05) is 41.0 Å². The van der Waals surface area contributed by atoms with Crippen LogP contribution in [0.1, 0.15) is 200 Å². The SMILES string of the molecule is CC/C=C/C/C=C/C/C=C/CCCCCCC(=O)OC(COCCC(C(=O)O)[N+](C)(C)C)COC(=O)CCCCCCCCC/C=C/C/C=C/CCCCCCCCCC. The van der Waals surface area contributed by atoms with E-state index in [-0.39, 0.29) is 36.2 Å². The lowest BCUT2D eigenvalue weighted by molar-refractivity contribution is -0.887. The molecular formula is C52H92NO7+. The zero-order chi connectivity index (χ0) is 44.2. The van der Waals surface area contributed by atoms with Crippen molar-refractivity contribution in [2.45, 2.75) is 212 Å². The summed E-state index contributed by atoms with van der Waals surface area (Å²) in [5.74, 6) is -1.51. The number of carboxylic acids is 1. The summed E-state index contributed by atoms with van der Waals surface area (Å²) in [6, 6.07) is -0.622. The van der Waals surface area contributed by atoms with Gasteiger partial charge < -0.3 is 23.8 Å². The minimum absolute atomic E-state index is 0.0473. The summed E-state index contributed by atoms with van der Waals surface area (Å²) in [6.07, 6.45) is 52.7. The van der Waals surface area contributed by atoms with Crippen LogP contribution in [0.2, 0.25) is 0 Å². The monoisotopic (exact) mass is 843 g/mol. The van der Waals surface area contributed by atoms with Crippen LogP contribution in [-0.4, -0.2) is 80.6 Å². The van der Waals surface area contributed by atoms with Gasteiger partial charge in [-0.25, -0.2) is 4.79 Å². The molecule has 8 nitrogen and oxygen atoms in total. The van der Waals surface area contributed by atoms with Gasteiger partial charge in [0.15, 0.2) is 12.1 Å². The molecule has 0 aliphatic rings. The van der Waals surface area contributed by atoms with E-state index >= 15 is 0 Å². The highest BCUT2D eigenvalue weighted by atomic mass is 16.6. The maximum absolute atomic E-state index is 12.7. The van der Waals surface area contributed by atoms with Crippen molar-refractivity contribution < 1.29 is 38.2 Å². The van der Waals surface area contributed by atoms with Crippen LogP contribution in [-0.2, 0) is 28.6 Å². The van der Waals surface area contributed by atoms with E-state index < -0.39 is 18.1 Å². The second-order valence-corrected chi connectivity index (χ2v) is 17.3. The number of aliphatic carboxylic acids is 1. The molecule has 0 bridgehead atoms. The first-order valence-electron chi connectivity index (χ1n) is 24.3. The topological polar surface area (TPSA) is 99.1 Å². The molecule has 0 rings (SSSR count). The van der Waals surface area contributed by atoms with Crippen molar-refractivity contribution in [3.63, 3.8) is 0 Å².